The van der Waals surface area contributed by atoms with Gasteiger partial charge in [-0.1, -0.05) is 29.3 Å². The van der Waals surface area contributed by atoms with Crippen LogP contribution < -0.4 is 16.2 Å². The van der Waals surface area contributed by atoms with Crippen LogP contribution in [0.1, 0.15) is 46.1 Å². The second-order valence-electron chi connectivity index (χ2n) is 8.53. The number of anilines is 1. The highest BCUT2D eigenvalue weighted by Crippen LogP contribution is 2.40. The van der Waals surface area contributed by atoms with Crippen LogP contribution in [0.3, 0.4) is 0 Å². The number of aryl methyl sites for hydroxylation is 2. The quantitative estimate of drug-likeness (QED) is 0.250. The van der Waals surface area contributed by atoms with Gasteiger partial charge in [-0.05, 0) is 50.2 Å². The van der Waals surface area contributed by atoms with Gasteiger partial charge in [-0.25, -0.2) is 9.37 Å². The molecule has 0 unspecified atom stereocenters. The third-order valence-electron chi connectivity index (χ3n) is 5.85. The van der Waals surface area contributed by atoms with Crippen LogP contribution in [0.4, 0.5) is 10.2 Å². The van der Waals surface area contributed by atoms with Gasteiger partial charge in [0.05, 0.1) is 23.2 Å². The Morgan fingerprint density at radius 3 is 2.72 bits per heavy atom. The number of halogens is 3. The first-order valence-corrected chi connectivity index (χ1v) is 12.2. The summed E-state index contributed by atoms with van der Waals surface area (Å²) in [5, 5.41) is 12.8. The molecule has 9 nitrogen and oxygen atoms in total. The monoisotopic (exact) mass is 546 g/mol. The summed E-state index contributed by atoms with van der Waals surface area (Å²) in [5.41, 5.74) is 8.29. The first-order chi connectivity index (χ1) is 17.2. The van der Waals surface area contributed by atoms with Gasteiger partial charge in [-0.15, -0.1) is 0 Å². The number of nitrogens with one attached hydrogen (secondary N) is 3. The first kappa shape index (κ1) is 24.4. The zero-order chi connectivity index (χ0) is 25.6. The van der Waals surface area contributed by atoms with E-state index in [1.165, 1.54) is 23.0 Å². The zero-order valence-corrected chi connectivity index (χ0v) is 21.6. The second-order valence-corrected chi connectivity index (χ2v) is 9.76. The van der Waals surface area contributed by atoms with E-state index in [0.717, 1.165) is 18.5 Å². The predicted molar refractivity (Wildman–Crippen MR) is 140 cm³/mol. The topological polar surface area (TPSA) is 102 Å². The van der Waals surface area contributed by atoms with E-state index in [4.69, 9.17) is 40.4 Å². The molecule has 1 amide bonds. The van der Waals surface area contributed by atoms with Crippen molar-refractivity contribution in [2.24, 2.45) is 7.05 Å². The first-order valence-electron chi connectivity index (χ1n) is 11.1. The summed E-state index contributed by atoms with van der Waals surface area (Å²) in [6.07, 6.45) is 3.63. The molecule has 0 saturated heterocycles. The second kappa shape index (κ2) is 9.64. The Morgan fingerprint density at radius 1 is 1.22 bits per heavy atom. The van der Waals surface area contributed by atoms with Crippen LogP contribution in [0.15, 0.2) is 30.5 Å². The largest absolute Gasteiger partial charge is 0.313 e. The number of thiocarbonyl (C=S) groups is 1. The van der Waals surface area contributed by atoms with Gasteiger partial charge in [0.15, 0.2) is 16.6 Å². The molecule has 1 aromatic carbocycles. The number of benzene rings is 1. The zero-order valence-electron chi connectivity index (χ0n) is 19.3. The smallest absolute Gasteiger partial charge is 0.270 e. The highest BCUT2D eigenvalue weighted by Gasteiger charge is 2.28. The number of pyridine rings is 1. The number of hydrogen-bond donors (Lipinski definition) is 3. The van der Waals surface area contributed by atoms with Gasteiger partial charge < -0.3 is 5.32 Å². The van der Waals surface area contributed by atoms with Crippen molar-refractivity contribution >= 4 is 63.3 Å². The molecule has 0 aliphatic heterocycles. The summed E-state index contributed by atoms with van der Waals surface area (Å²) < 4.78 is 17.2. The summed E-state index contributed by atoms with van der Waals surface area (Å²) in [6.45, 7) is 1.92. The molecular formula is C23H21Cl2FN8OS. The average Bonchev–Trinajstić information content (AvgIpc) is 3.57. The van der Waals surface area contributed by atoms with Gasteiger partial charge in [0.2, 0.25) is 0 Å². The SMILES string of the molecule is Cc1nn(C)c2nc(C3CC3)cc(C(=O)NNC(=S)Nc3nn(Cc4c(F)cccc4Cl)cc3Cl)c12. The molecule has 4 aromatic rings. The Morgan fingerprint density at radius 2 is 2.00 bits per heavy atom. The van der Waals surface area contributed by atoms with Crippen molar-refractivity contribution in [2.75, 3.05) is 5.32 Å². The number of fused-ring (bicyclic) bond motifs is 1. The van der Waals surface area contributed by atoms with E-state index in [-0.39, 0.29) is 39.0 Å². The Bertz CT molecular complexity index is 1490. The van der Waals surface area contributed by atoms with Crippen molar-refractivity contribution in [1.29, 1.82) is 0 Å². The van der Waals surface area contributed by atoms with E-state index < -0.39 is 5.82 Å². The number of hydrogen-bond acceptors (Lipinski definition) is 5. The number of rotatable bonds is 5. The van der Waals surface area contributed by atoms with E-state index in [1.807, 2.05) is 13.0 Å². The van der Waals surface area contributed by atoms with Crippen LogP contribution >= 0.6 is 35.4 Å². The molecule has 0 radical (unpaired) electrons. The van der Waals surface area contributed by atoms with E-state index >= 15 is 0 Å². The van der Waals surface area contributed by atoms with Crippen LogP contribution in [0.25, 0.3) is 11.0 Å². The number of carbonyl (C=O) groups is 1. The number of nitrogens with zero attached hydrogens (tertiary/aromatic N) is 5. The molecule has 0 atom stereocenters. The lowest BCUT2D eigenvalue weighted by Gasteiger charge is -2.12. The summed E-state index contributed by atoms with van der Waals surface area (Å²) in [7, 11) is 1.81. The highest BCUT2D eigenvalue weighted by molar-refractivity contribution is 7.80. The van der Waals surface area contributed by atoms with Crippen LogP contribution in [0.5, 0.6) is 0 Å². The standard InChI is InChI=1S/C23H21Cl2FN8OS/c1-11-19-13(8-18(12-6-7-12)27-21(19)33(2)31-11)22(35)29-30-23(36)28-20-16(25)10-34(32-20)9-14-15(24)4-3-5-17(14)26/h3-5,8,10,12H,6-7,9H2,1-2H3,(H,29,35)(H2,28,30,32,36). The van der Waals surface area contributed by atoms with Crippen molar-refractivity contribution < 1.29 is 9.18 Å². The van der Waals surface area contributed by atoms with Gasteiger partial charge >= 0.3 is 0 Å². The Labute approximate surface area is 220 Å². The fourth-order valence-corrected chi connectivity index (χ4v) is 4.53. The summed E-state index contributed by atoms with van der Waals surface area (Å²) >= 11 is 17.7. The minimum Gasteiger partial charge on any atom is -0.313 e. The van der Waals surface area contributed by atoms with Crippen LogP contribution in [0, 0.1) is 12.7 Å². The third kappa shape index (κ3) is 4.86. The Balaban J connectivity index is 1.27. The van der Waals surface area contributed by atoms with Crippen molar-refractivity contribution in [3.8, 4) is 0 Å². The molecule has 36 heavy (non-hydrogen) atoms. The molecule has 3 aromatic heterocycles. The number of aromatic nitrogens is 5. The normalized spacial score (nSPS) is 13.1. The molecule has 1 aliphatic rings. The maximum atomic E-state index is 14.1. The molecule has 0 bridgehead atoms. The van der Waals surface area contributed by atoms with Gasteiger partial charge in [0, 0.05) is 35.4 Å². The predicted octanol–water partition coefficient (Wildman–Crippen LogP) is 4.48. The summed E-state index contributed by atoms with van der Waals surface area (Å²) in [6, 6.07) is 6.27. The van der Waals surface area contributed by atoms with E-state index in [1.54, 1.807) is 17.8 Å². The fraction of sp³-hybridized carbons (Fsp3) is 0.261. The van der Waals surface area contributed by atoms with Gasteiger partial charge in [-0.2, -0.15) is 10.2 Å². The Kier molecular flexibility index (Phi) is 6.54. The molecular weight excluding hydrogens is 526 g/mol. The molecule has 3 N–H and O–H groups in total. The van der Waals surface area contributed by atoms with Gasteiger partial charge in [-0.3, -0.25) is 25.0 Å². The van der Waals surface area contributed by atoms with Gasteiger partial charge in [0.25, 0.3) is 5.91 Å². The molecule has 186 valence electrons. The van der Waals surface area contributed by atoms with Crippen LogP contribution in [-0.4, -0.2) is 35.6 Å². The average molecular weight is 547 g/mol. The van der Waals surface area contributed by atoms with Crippen LogP contribution in [-0.2, 0) is 13.6 Å². The fourth-order valence-electron chi connectivity index (χ4n) is 3.96. The lowest BCUT2D eigenvalue weighted by molar-refractivity contribution is 0.0945. The molecule has 1 fully saturated rings. The minimum atomic E-state index is -0.442. The third-order valence-corrected chi connectivity index (χ3v) is 6.68. The maximum absolute atomic E-state index is 14.1. The molecule has 1 saturated carbocycles. The number of carbonyl (C=O) groups excluding carboxylic acids is 1. The summed E-state index contributed by atoms with van der Waals surface area (Å²) in [4.78, 5) is 17.8. The lowest BCUT2D eigenvalue weighted by Crippen LogP contribution is -2.44. The van der Waals surface area contributed by atoms with Crippen LogP contribution in [0.2, 0.25) is 10.0 Å². The number of hydrazine groups is 1. The Hall–Kier alpha value is -3.28. The van der Waals surface area contributed by atoms with Crippen molar-refractivity contribution in [2.45, 2.75) is 32.2 Å². The van der Waals surface area contributed by atoms with Crippen molar-refractivity contribution in [3.05, 3.63) is 68.8 Å². The lowest BCUT2D eigenvalue weighted by atomic mass is 10.1. The van der Waals surface area contributed by atoms with E-state index in [9.17, 15) is 9.18 Å². The number of amides is 1. The molecule has 1 aliphatic carbocycles. The van der Waals surface area contributed by atoms with E-state index in [0.29, 0.717) is 28.2 Å². The molecule has 5 rings (SSSR count). The van der Waals surface area contributed by atoms with Gasteiger partial charge in [0.1, 0.15) is 10.8 Å². The van der Waals surface area contributed by atoms with Crippen molar-refractivity contribution in [1.82, 2.24) is 35.4 Å². The highest BCUT2D eigenvalue weighted by atomic mass is 35.5. The van der Waals surface area contributed by atoms with Crippen molar-refractivity contribution in [3.63, 3.8) is 0 Å². The molecule has 3 heterocycles. The maximum Gasteiger partial charge on any atom is 0.270 e. The minimum absolute atomic E-state index is 0.0649. The molecule has 13 heteroatoms. The molecule has 0 spiro atoms. The van der Waals surface area contributed by atoms with E-state index in [2.05, 4.69) is 26.4 Å². The summed E-state index contributed by atoms with van der Waals surface area (Å²) in [5.74, 6) is -0.220.